The smallest absolute Gasteiger partial charge is 0.407 e. The van der Waals surface area contributed by atoms with Gasteiger partial charge in [0.05, 0.1) is 6.61 Å². The van der Waals surface area contributed by atoms with Gasteiger partial charge in [0.15, 0.2) is 0 Å². The molecule has 0 bridgehead atoms. The molecule has 1 aromatic heterocycles. The quantitative estimate of drug-likeness (QED) is 0.866. The third kappa shape index (κ3) is 5.26. The van der Waals surface area contributed by atoms with Crippen LogP contribution in [-0.2, 0) is 4.74 Å². The zero-order chi connectivity index (χ0) is 16.8. The van der Waals surface area contributed by atoms with Crippen molar-refractivity contribution >= 4 is 17.7 Å². The minimum atomic E-state index is -0.314. The number of aryl methyl sites for hydroxylation is 1. The minimum absolute atomic E-state index is 0.205. The summed E-state index contributed by atoms with van der Waals surface area (Å²) in [7, 11) is 3.94. The number of nitrogens with one attached hydrogen (secondary N) is 2. The van der Waals surface area contributed by atoms with Crippen molar-refractivity contribution in [1.29, 1.82) is 0 Å². The van der Waals surface area contributed by atoms with Gasteiger partial charge in [-0.3, -0.25) is 0 Å². The van der Waals surface area contributed by atoms with E-state index in [-0.39, 0.29) is 12.1 Å². The number of hydrogen-bond donors (Lipinski definition) is 2. The molecule has 1 aliphatic carbocycles. The molecule has 1 heterocycles. The zero-order valence-corrected chi connectivity index (χ0v) is 14.4. The van der Waals surface area contributed by atoms with E-state index >= 15 is 0 Å². The van der Waals surface area contributed by atoms with Crippen molar-refractivity contribution in [2.24, 2.45) is 0 Å². The lowest BCUT2D eigenvalue weighted by atomic mass is 9.91. The molecule has 0 radical (unpaired) electrons. The molecular weight excluding hydrogens is 294 g/mol. The number of carbonyl (C=O) groups excluding carboxylic acids is 1. The minimum Gasteiger partial charge on any atom is -0.450 e. The third-order valence-electron chi connectivity index (χ3n) is 3.96. The first kappa shape index (κ1) is 17.3. The first-order valence-electron chi connectivity index (χ1n) is 8.20. The number of anilines is 2. The van der Waals surface area contributed by atoms with Crippen molar-refractivity contribution in [3.63, 3.8) is 0 Å². The second-order valence-corrected chi connectivity index (χ2v) is 6.11. The maximum atomic E-state index is 11.5. The number of aromatic nitrogens is 2. The van der Waals surface area contributed by atoms with Crippen molar-refractivity contribution < 1.29 is 9.53 Å². The lowest BCUT2D eigenvalue weighted by Gasteiger charge is -2.29. The van der Waals surface area contributed by atoms with Gasteiger partial charge in [-0.15, -0.1) is 0 Å². The predicted octanol–water partition coefficient (Wildman–Crippen LogP) is 2.32. The van der Waals surface area contributed by atoms with E-state index in [1.54, 1.807) is 0 Å². The van der Waals surface area contributed by atoms with Crippen LogP contribution in [-0.4, -0.2) is 48.8 Å². The molecule has 1 aliphatic rings. The maximum Gasteiger partial charge on any atom is 0.407 e. The van der Waals surface area contributed by atoms with Crippen LogP contribution in [0, 0.1) is 6.92 Å². The fraction of sp³-hybridized carbons (Fsp3) is 0.688. The summed E-state index contributed by atoms with van der Waals surface area (Å²) in [6.45, 7) is 4.12. The molecule has 1 saturated carbocycles. The van der Waals surface area contributed by atoms with Crippen LogP contribution in [0.2, 0.25) is 0 Å². The number of rotatable bonds is 5. The molecule has 2 rings (SSSR count). The van der Waals surface area contributed by atoms with Gasteiger partial charge in [-0.25, -0.2) is 14.8 Å². The van der Waals surface area contributed by atoms with E-state index in [1.165, 1.54) is 0 Å². The van der Waals surface area contributed by atoms with Crippen LogP contribution in [0.5, 0.6) is 0 Å². The summed E-state index contributed by atoms with van der Waals surface area (Å²) in [6, 6.07) is 2.55. The summed E-state index contributed by atoms with van der Waals surface area (Å²) >= 11 is 0. The van der Waals surface area contributed by atoms with E-state index in [0.717, 1.165) is 43.1 Å². The number of hydrogen-bond acceptors (Lipinski definition) is 6. The summed E-state index contributed by atoms with van der Waals surface area (Å²) < 4.78 is 4.93. The Balaban J connectivity index is 1.86. The van der Waals surface area contributed by atoms with Crippen molar-refractivity contribution in [2.75, 3.05) is 30.9 Å². The average molecular weight is 321 g/mol. The summed E-state index contributed by atoms with van der Waals surface area (Å²) in [5.74, 6) is 2.53. The molecular formula is C16H27N5O2. The summed E-state index contributed by atoms with van der Waals surface area (Å²) in [5, 5.41) is 6.41. The van der Waals surface area contributed by atoms with Gasteiger partial charge in [-0.1, -0.05) is 0 Å². The molecule has 0 spiro atoms. The van der Waals surface area contributed by atoms with Crippen LogP contribution in [0.15, 0.2) is 6.07 Å². The monoisotopic (exact) mass is 321 g/mol. The lowest BCUT2D eigenvalue weighted by molar-refractivity contribution is 0.144. The Morgan fingerprint density at radius 1 is 1.26 bits per heavy atom. The summed E-state index contributed by atoms with van der Waals surface area (Å²) in [4.78, 5) is 22.3. The summed E-state index contributed by atoms with van der Waals surface area (Å²) in [5.41, 5.74) is 0. The van der Waals surface area contributed by atoms with Crippen LogP contribution in [0.1, 0.15) is 38.4 Å². The number of carbonyl (C=O) groups is 1. The first-order valence-corrected chi connectivity index (χ1v) is 8.20. The SMILES string of the molecule is CCOC(=O)NC1CCC(Nc2cc(N(C)C)nc(C)n2)CC1. The van der Waals surface area contributed by atoms with Crippen molar-refractivity contribution in [3.05, 3.63) is 11.9 Å². The Morgan fingerprint density at radius 3 is 2.52 bits per heavy atom. The standard InChI is InChI=1S/C16H27N5O2/c1-5-23-16(22)20-13-8-6-12(7-9-13)19-14-10-15(21(3)4)18-11(2)17-14/h10,12-13H,5-9H2,1-4H3,(H,20,22)(H,17,18,19). The van der Waals surface area contributed by atoms with E-state index in [0.29, 0.717) is 12.6 Å². The Morgan fingerprint density at radius 2 is 1.91 bits per heavy atom. The second kappa shape index (κ2) is 7.99. The fourth-order valence-electron chi connectivity index (χ4n) is 2.79. The lowest BCUT2D eigenvalue weighted by Crippen LogP contribution is -2.40. The van der Waals surface area contributed by atoms with Gasteiger partial charge in [-0.2, -0.15) is 0 Å². The molecule has 2 N–H and O–H groups in total. The van der Waals surface area contributed by atoms with Gasteiger partial charge in [0, 0.05) is 32.2 Å². The molecule has 1 fully saturated rings. The van der Waals surface area contributed by atoms with Crippen molar-refractivity contribution in [2.45, 2.75) is 51.6 Å². The Kier molecular flexibility index (Phi) is 6.01. The van der Waals surface area contributed by atoms with Gasteiger partial charge < -0.3 is 20.3 Å². The van der Waals surface area contributed by atoms with Gasteiger partial charge in [0.2, 0.25) is 0 Å². The molecule has 1 aromatic rings. The number of amides is 1. The second-order valence-electron chi connectivity index (χ2n) is 6.11. The third-order valence-corrected chi connectivity index (χ3v) is 3.96. The Labute approximate surface area is 137 Å². The topological polar surface area (TPSA) is 79.4 Å². The molecule has 0 saturated heterocycles. The molecule has 7 nitrogen and oxygen atoms in total. The van der Waals surface area contributed by atoms with Crippen molar-refractivity contribution in [3.8, 4) is 0 Å². The summed E-state index contributed by atoms with van der Waals surface area (Å²) in [6.07, 6.45) is 3.57. The van der Waals surface area contributed by atoms with Crippen LogP contribution < -0.4 is 15.5 Å². The predicted molar refractivity (Wildman–Crippen MR) is 90.9 cm³/mol. The highest BCUT2D eigenvalue weighted by atomic mass is 16.5. The van der Waals surface area contributed by atoms with E-state index in [1.807, 2.05) is 38.9 Å². The molecule has 0 atom stereocenters. The van der Waals surface area contributed by atoms with Gasteiger partial charge in [0.25, 0.3) is 0 Å². The Hall–Kier alpha value is -2.05. The normalized spacial score (nSPS) is 20.7. The Bertz CT molecular complexity index is 527. The zero-order valence-electron chi connectivity index (χ0n) is 14.4. The van der Waals surface area contributed by atoms with Crippen LogP contribution in [0.3, 0.4) is 0 Å². The van der Waals surface area contributed by atoms with E-state index in [4.69, 9.17) is 4.74 Å². The largest absolute Gasteiger partial charge is 0.450 e. The fourth-order valence-corrected chi connectivity index (χ4v) is 2.79. The van der Waals surface area contributed by atoms with Crippen molar-refractivity contribution in [1.82, 2.24) is 15.3 Å². The average Bonchev–Trinajstić information content (AvgIpc) is 2.49. The van der Waals surface area contributed by atoms with E-state index in [9.17, 15) is 4.79 Å². The molecule has 0 aliphatic heterocycles. The van der Waals surface area contributed by atoms with E-state index < -0.39 is 0 Å². The van der Waals surface area contributed by atoms with Gasteiger partial charge >= 0.3 is 6.09 Å². The molecule has 0 unspecified atom stereocenters. The highest BCUT2D eigenvalue weighted by Gasteiger charge is 2.23. The van der Waals surface area contributed by atoms with Gasteiger partial charge in [-0.05, 0) is 39.5 Å². The van der Waals surface area contributed by atoms with Gasteiger partial charge in [0.1, 0.15) is 17.5 Å². The highest BCUT2D eigenvalue weighted by Crippen LogP contribution is 2.23. The molecule has 7 heteroatoms. The van der Waals surface area contributed by atoms with Crippen LogP contribution in [0.25, 0.3) is 0 Å². The van der Waals surface area contributed by atoms with Crippen LogP contribution >= 0.6 is 0 Å². The van der Waals surface area contributed by atoms with E-state index in [2.05, 4.69) is 20.6 Å². The highest BCUT2D eigenvalue weighted by molar-refractivity contribution is 5.67. The molecule has 0 aromatic carbocycles. The number of ether oxygens (including phenoxy) is 1. The number of nitrogens with zero attached hydrogens (tertiary/aromatic N) is 3. The maximum absolute atomic E-state index is 11.5. The number of alkyl carbamates (subject to hydrolysis) is 1. The first-order chi connectivity index (χ1) is 11.0. The molecule has 128 valence electrons. The molecule has 23 heavy (non-hydrogen) atoms. The molecule has 1 amide bonds. The van der Waals surface area contributed by atoms with Crippen LogP contribution in [0.4, 0.5) is 16.4 Å².